The summed E-state index contributed by atoms with van der Waals surface area (Å²) in [6.07, 6.45) is 4.33. The summed E-state index contributed by atoms with van der Waals surface area (Å²) in [4.78, 5) is 174. The van der Waals surface area contributed by atoms with Crippen molar-refractivity contribution in [2.24, 2.45) is 40.3 Å². The average Bonchev–Trinajstić information content (AvgIpc) is 1.64. The van der Waals surface area contributed by atoms with Gasteiger partial charge in [0.1, 0.15) is 91.2 Å². The van der Waals surface area contributed by atoms with Gasteiger partial charge in [-0.2, -0.15) is 0 Å². The molecule has 0 radical (unpaired) electrons. The third-order valence-electron chi connectivity index (χ3n) is 18.6. The van der Waals surface area contributed by atoms with Gasteiger partial charge >= 0.3 is 0 Å². The summed E-state index contributed by atoms with van der Waals surface area (Å²) in [7, 11) is 0. The first-order valence-corrected chi connectivity index (χ1v) is 39.5. The zero-order valence-electron chi connectivity index (χ0n) is 67.8. The van der Waals surface area contributed by atoms with E-state index in [-0.39, 0.29) is 148 Å². The van der Waals surface area contributed by atoms with Crippen LogP contribution in [0.5, 0.6) is 11.5 Å². The molecular formula is C79H123N25O14. The fourth-order valence-corrected chi connectivity index (χ4v) is 12.8. The summed E-state index contributed by atoms with van der Waals surface area (Å²) in [5, 5.41) is 68.8. The van der Waals surface area contributed by atoms with Crippen LogP contribution >= 0.6 is 0 Å². The van der Waals surface area contributed by atoms with Crippen LogP contribution in [-0.4, -0.2) is 219 Å². The molecule has 648 valence electrons. The zero-order chi connectivity index (χ0) is 87.2. The second-order valence-corrected chi connectivity index (χ2v) is 29.0. The van der Waals surface area contributed by atoms with Crippen LogP contribution in [0.25, 0.3) is 0 Å². The minimum absolute atomic E-state index is 0.0147. The Labute approximate surface area is 688 Å². The quantitative estimate of drug-likeness (QED) is 0.0120. The number of amides is 12. The largest absolute Gasteiger partial charge is 0.490 e. The highest BCUT2D eigenvalue weighted by Gasteiger charge is 2.41. The van der Waals surface area contributed by atoms with Gasteiger partial charge in [-0.15, -0.1) is 0 Å². The minimum atomic E-state index is -1.55. The maximum atomic E-state index is 15.3. The van der Waals surface area contributed by atoms with Gasteiger partial charge in [-0.1, -0.05) is 93.8 Å². The van der Waals surface area contributed by atoms with E-state index in [0.29, 0.717) is 54.0 Å². The van der Waals surface area contributed by atoms with Gasteiger partial charge in [0.05, 0.1) is 0 Å². The van der Waals surface area contributed by atoms with Crippen molar-refractivity contribution in [3.8, 4) is 11.5 Å². The maximum Gasteiger partial charge on any atom is 0.245 e. The van der Waals surface area contributed by atoms with Crippen molar-refractivity contribution >= 4 is 94.7 Å². The third-order valence-corrected chi connectivity index (χ3v) is 18.6. The van der Waals surface area contributed by atoms with Crippen LogP contribution in [0.2, 0.25) is 0 Å². The van der Waals surface area contributed by atoms with Crippen molar-refractivity contribution in [3.05, 3.63) is 121 Å². The lowest BCUT2D eigenvalue weighted by molar-refractivity contribution is -0.142. The fourth-order valence-electron chi connectivity index (χ4n) is 12.8. The summed E-state index contributed by atoms with van der Waals surface area (Å²) in [6, 6.07) is 7.26. The van der Waals surface area contributed by atoms with Crippen molar-refractivity contribution < 1.29 is 67.0 Å². The van der Waals surface area contributed by atoms with Crippen molar-refractivity contribution in [3.63, 3.8) is 0 Å². The van der Waals surface area contributed by atoms with E-state index in [4.69, 9.17) is 65.5 Å². The normalized spacial score (nSPS) is 14.7. The molecule has 0 aromatic heterocycles. The second-order valence-electron chi connectivity index (χ2n) is 29.0. The van der Waals surface area contributed by atoms with E-state index in [1.165, 1.54) is 24.8 Å². The van der Waals surface area contributed by atoms with E-state index in [1.54, 1.807) is 98.8 Å². The highest BCUT2D eigenvalue weighted by atomic mass is 16.5. The van der Waals surface area contributed by atoms with Crippen molar-refractivity contribution in [2.45, 2.75) is 203 Å². The zero-order valence-corrected chi connectivity index (χ0v) is 67.8. The number of benzene rings is 3. The van der Waals surface area contributed by atoms with Crippen LogP contribution in [0.3, 0.4) is 0 Å². The van der Waals surface area contributed by atoms with Crippen molar-refractivity contribution in [1.29, 1.82) is 21.6 Å². The van der Waals surface area contributed by atoms with Gasteiger partial charge in [0.15, 0.2) is 23.8 Å². The Balaban J connectivity index is 1.73. The molecule has 0 spiro atoms. The lowest BCUT2D eigenvalue weighted by atomic mass is 9.99. The SMILES string of the molecule is C=CCOc1cccc(C[C@H](NC(=O)[C@H](Cc2ccccc2)NC(C)=O)C(=O)N[C@@H](Cc2cccc(OCC=C)c2)C(=O)N[C@@H](CCCNC(=N)N)C(=O)N[C@@H](CC(C)C)C(=O)N[C@@H](CCCNC(=N)N)C(=O)N[C@@H](CCCNC(=N)N)C(=O)N[C@H](C)C(=O)N[C@@H](CCCNC(=N)N)C(=O)N2CCC[C@H]2C(=O)N[C@@H](CCCCN)C(N)=O)c1. The predicted molar refractivity (Wildman–Crippen MR) is 445 cm³/mol. The number of guanidine groups is 4. The molecule has 118 heavy (non-hydrogen) atoms. The van der Waals surface area contributed by atoms with Crippen molar-refractivity contribution in [2.75, 3.05) is 52.5 Å². The molecule has 1 heterocycles. The molecule has 12 amide bonds. The maximum absolute atomic E-state index is 15.3. The standard InChI is InChI=1S/C79H123N25O14/c1-7-39-117-53-25-14-23-51(42-53)45-62(103-73(114)63(46-52-24-15-26-54(43-52)118-40-8-2)102-71(112)61(95-49(6)105)44-50-21-10-9-11-22-50)72(113)99-58(30-18-36-92-78(86)87)69(110)101-60(41-47(3)4)70(111)98-57(29-17-35-91-77(84)85)68(109)97-56(28-16-34-90-76(82)83)67(108)94-48(5)66(107)100-59(31-19-37-93-79(88)89)75(116)104-38-20-32-64(104)74(115)96-55(65(81)106)27-12-13-33-80/h7-11,14-15,21-26,42-43,47-48,55-64H,1-2,12-13,16-20,27-41,44-46,80H2,3-6H3,(H2,81,106)(H,94,108)(H,95,105)(H,96,115)(H,97,109)(H,98,111)(H,99,113)(H,100,107)(H,101,110)(H,102,112)(H,103,114)(H4,82,83,90)(H4,84,85,91)(H4,86,87,92)(H4,88,89,93)/t48-,55+,56+,57+,58+,59+,60+,61+,62+,63+,64+/m1/s1. The molecule has 1 aliphatic heterocycles. The van der Waals surface area contributed by atoms with Gasteiger partial charge in [-0.3, -0.25) is 79.2 Å². The van der Waals surface area contributed by atoms with Crippen LogP contribution < -0.4 is 118 Å². The lowest BCUT2D eigenvalue weighted by Crippen LogP contribution is -2.61. The molecule has 0 saturated carbocycles. The molecule has 1 saturated heterocycles. The molecule has 11 atom stereocenters. The predicted octanol–water partition coefficient (Wildman–Crippen LogP) is -2.56. The molecule has 4 rings (SSSR count). The number of carbonyl (C=O) groups excluding carboxylic acids is 12. The van der Waals surface area contributed by atoms with E-state index in [2.05, 4.69) is 87.6 Å². The fraction of sp³-hybridized carbons (Fsp3) is 0.519. The Morgan fingerprint density at radius 3 is 1.24 bits per heavy atom. The Hall–Kier alpha value is -12.6. The number of primary amides is 1. The number of rotatable bonds is 55. The molecule has 1 fully saturated rings. The van der Waals surface area contributed by atoms with Gasteiger partial charge in [0.25, 0.3) is 0 Å². The van der Waals surface area contributed by atoms with E-state index in [1.807, 2.05) is 0 Å². The van der Waals surface area contributed by atoms with Gasteiger partial charge < -0.3 is 123 Å². The van der Waals surface area contributed by atoms with Crippen LogP contribution in [0.15, 0.2) is 104 Å². The first-order valence-electron chi connectivity index (χ1n) is 39.5. The van der Waals surface area contributed by atoms with E-state index >= 15 is 19.2 Å². The van der Waals surface area contributed by atoms with Gasteiger partial charge in [0.2, 0.25) is 70.9 Å². The highest BCUT2D eigenvalue weighted by molar-refractivity contribution is 6.00. The van der Waals surface area contributed by atoms with Crippen LogP contribution in [0.4, 0.5) is 0 Å². The van der Waals surface area contributed by atoms with Crippen LogP contribution in [-0.2, 0) is 76.8 Å². The Bertz CT molecular complexity index is 3890. The van der Waals surface area contributed by atoms with Gasteiger partial charge in [0, 0.05) is 58.9 Å². The Kier molecular flexibility index (Phi) is 43.8. The lowest BCUT2D eigenvalue weighted by Gasteiger charge is -2.30. The van der Waals surface area contributed by atoms with Gasteiger partial charge in [-0.25, -0.2) is 0 Å². The molecule has 39 nitrogen and oxygen atoms in total. The molecule has 39 heteroatoms. The van der Waals surface area contributed by atoms with E-state index < -0.39 is 155 Å². The molecule has 30 N–H and O–H groups in total. The molecule has 0 aliphatic carbocycles. The van der Waals surface area contributed by atoms with Crippen LogP contribution in [0.1, 0.15) is 134 Å². The van der Waals surface area contributed by atoms with Crippen molar-refractivity contribution in [1.82, 2.24) is 79.3 Å². The monoisotopic (exact) mass is 1650 g/mol. The smallest absolute Gasteiger partial charge is 0.245 e. The number of nitrogens with zero attached hydrogens (tertiary/aromatic N) is 1. The average molecular weight is 1650 g/mol. The topological polar surface area (TPSA) is 646 Å². The molecule has 3 aromatic carbocycles. The minimum Gasteiger partial charge on any atom is -0.490 e. The highest BCUT2D eigenvalue weighted by Crippen LogP contribution is 2.23. The first kappa shape index (κ1) is 97.8. The molecule has 3 aromatic rings. The molecule has 1 aliphatic rings. The van der Waals surface area contributed by atoms with E-state index in [9.17, 15) is 38.4 Å². The number of hydrogen-bond donors (Lipinski definition) is 24. The number of nitrogens with one attached hydrogen (secondary N) is 18. The number of unbranched alkanes of at least 4 members (excludes halogenated alkanes) is 1. The summed E-state index contributed by atoms with van der Waals surface area (Å²) < 4.78 is 11.6. The molecule has 0 unspecified atom stereocenters. The number of nitrogens with two attached hydrogens (primary N) is 6. The number of carbonyl (C=O) groups is 12. The number of hydrogen-bond acceptors (Lipinski definition) is 19. The molecular weight excluding hydrogens is 1520 g/mol. The first-order chi connectivity index (χ1) is 56.2. The third kappa shape index (κ3) is 37.4. The number of ether oxygens (including phenoxy) is 2. The Morgan fingerprint density at radius 2 is 0.822 bits per heavy atom. The summed E-state index contributed by atoms with van der Waals surface area (Å²) >= 11 is 0. The Morgan fingerprint density at radius 1 is 0.449 bits per heavy atom. The second kappa shape index (κ2) is 52.8. The number of likely N-dealkylation sites (tertiary alicyclic amines) is 1. The molecule has 0 bridgehead atoms. The summed E-state index contributed by atoms with van der Waals surface area (Å²) in [5.74, 6) is -10.8. The van der Waals surface area contributed by atoms with E-state index in [0.717, 1.165) is 0 Å². The van der Waals surface area contributed by atoms with Gasteiger partial charge in [-0.05, 0) is 150 Å². The summed E-state index contributed by atoms with van der Waals surface area (Å²) in [5.41, 5.74) is 35.3. The summed E-state index contributed by atoms with van der Waals surface area (Å²) in [6.45, 7) is 14.4. The van der Waals surface area contributed by atoms with Crippen LogP contribution in [0, 0.1) is 27.6 Å².